The van der Waals surface area contributed by atoms with Gasteiger partial charge in [0, 0.05) is 31.4 Å². The number of amides is 1. The highest BCUT2D eigenvalue weighted by Gasteiger charge is 2.16. The first kappa shape index (κ1) is 11.6. The predicted octanol–water partition coefficient (Wildman–Crippen LogP) is 1.48. The van der Waals surface area contributed by atoms with Gasteiger partial charge in [-0.25, -0.2) is 4.98 Å². The molecule has 1 amide bonds. The number of nitrogens with one attached hydrogen (secondary N) is 1. The second kappa shape index (κ2) is 5.48. The Morgan fingerprint density at radius 3 is 3.00 bits per heavy atom. The number of hydrogen-bond donors (Lipinski definition) is 1. The monoisotopic (exact) mass is 231 g/mol. The summed E-state index contributed by atoms with van der Waals surface area (Å²) in [4.78, 5) is 17.8. The molecule has 1 N–H and O–H groups in total. The summed E-state index contributed by atoms with van der Waals surface area (Å²) in [5, 5.41) is 2.79. The maximum absolute atomic E-state index is 11.2. The normalized spacial score (nSPS) is 14.7. The van der Waals surface area contributed by atoms with Gasteiger partial charge in [-0.15, -0.1) is 0 Å². The topological polar surface area (TPSA) is 45.2 Å². The van der Waals surface area contributed by atoms with Gasteiger partial charge in [0.1, 0.15) is 5.82 Å². The summed E-state index contributed by atoms with van der Waals surface area (Å²) in [6.45, 7) is 6.05. The van der Waals surface area contributed by atoms with E-state index < -0.39 is 0 Å². The van der Waals surface area contributed by atoms with Crippen molar-refractivity contribution in [1.82, 2.24) is 10.3 Å². The Morgan fingerprint density at radius 1 is 1.53 bits per heavy atom. The van der Waals surface area contributed by atoms with Crippen molar-refractivity contribution in [2.45, 2.75) is 19.4 Å². The second-order valence-electron chi connectivity index (χ2n) is 4.10. The van der Waals surface area contributed by atoms with Crippen molar-refractivity contribution >= 4 is 11.7 Å². The van der Waals surface area contributed by atoms with Crippen LogP contribution >= 0.6 is 0 Å². The fraction of sp³-hybridized carbons (Fsp3) is 0.385. The van der Waals surface area contributed by atoms with Crippen molar-refractivity contribution in [3.8, 4) is 0 Å². The Labute approximate surface area is 101 Å². The summed E-state index contributed by atoms with van der Waals surface area (Å²) < 4.78 is 0. The van der Waals surface area contributed by atoms with Crippen LogP contribution in [0.2, 0.25) is 0 Å². The summed E-state index contributed by atoms with van der Waals surface area (Å²) >= 11 is 0. The van der Waals surface area contributed by atoms with Crippen LogP contribution in [0.15, 0.2) is 31.0 Å². The van der Waals surface area contributed by atoms with Crippen molar-refractivity contribution < 1.29 is 4.79 Å². The molecule has 0 bridgehead atoms. The lowest BCUT2D eigenvalue weighted by molar-refractivity contribution is -0.116. The number of pyridine rings is 1. The minimum Gasteiger partial charge on any atom is -0.356 e. The molecule has 0 aromatic carbocycles. The van der Waals surface area contributed by atoms with Crippen LogP contribution in [0, 0.1) is 0 Å². The molecule has 17 heavy (non-hydrogen) atoms. The standard InChI is InChI=1S/C13H17N3O/c1-2-12(17)15-10-11-6-5-7-14-13(11)16-8-3-4-9-16/h2,5-7H,1,3-4,8-10H2,(H,15,17). The summed E-state index contributed by atoms with van der Waals surface area (Å²) in [7, 11) is 0. The molecule has 2 heterocycles. The van der Waals surface area contributed by atoms with Gasteiger partial charge < -0.3 is 10.2 Å². The number of aromatic nitrogens is 1. The van der Waals surface area contributed by atoms with Crippen LogP contribution in [0.25, 0.3) is 0 Å². The van der Waals surface area contributed by atoms with Crippen LogP contribution in [-0.2, 0) is 11.3 Å². The first-order valence-corrected chi connectivity index (χ1v) is 5.90. The highest BCUT2D eigenvalue weighted by atomic mass is 16.1. The highest BCUT2D eigenvalue weighted by molar-refractivity contribution is 5.86. The maximum atomic E-state index is 11.2. The summed E-state index contributed by atoms with van der Waals surface area (Å²) in [5.41, 5.74) is 1.06. The molecule has 90 valence electrons. The van der Waals surface area contributed by atoms with Gasteiger partial charge >= 0.3 is 0 Å². The molecule has 1 aromatic heterocycles. The Balaban J connectivity index is 2.09. The van der Waals surface area contributed by atoms with Crippen LogP contribution in [0.5, 0.6) is 0 Å². The van der Waals surface area contributed by atoms with Gasteiger partial charge in [-0.2, -0.15) is 0 Å². The smallest absolute Gasteiger partial charge is 0.243 e. The average Bonchev–Trinajstić information content (AvgIpc) is 2.90. The zero-order valence-corrected chi connectivity index (χ0v) is 9.85. The molecule has 0 atom stereocenters. The molecule has 1 aromatic rings. The van der Waals surface area contributed by atoms with Crippen molar-refractivity contribution in [2.24, 2.45) is 0 Å². The van der Waals surface area contributed by atoms with Crippen molar-refractivity contribution in [1.29, 1.82) is 0 Å². The largest absolute Gasteiger partial charge is 0.356 e. The Hall–Kier alpha value is -1.84. The average molecular weight is 231 g/mol. The van der Waals surface area contributed by atoms with E-state index in [1.807, 2.05) is 12.1 Å². The molecule has 0 aliphatic carbocycles. The molecule has 0 radical (unpaired) electrons. The third-order valence-electron chi connectivity index (χ3n) is 2.91. The number of carbonyl (C=O) groups excluding carboxylic acids is 1. The van der Waals surface area contributed by atoms with Gasteiger partial charge in [-0.05, 0) is 25.0 Å². The first-order chi connectivity index (χ1) is 8.31. The van der Waals surface area contributed by atoms with Crippen LogP contribution < -0.4 is 10.2 Å². The number of rotatable bonds is 4. The molecule has 0 unspecified atom stereocenters. The van der Waals surface area contributed by atoms with E-state index in [1.54, 1.807) is 6.20 Å². The van der Waals surface area contributed by atoms with Gasteiger partial charge in [-0.1, -0.05) is 12.6 Å². The lowest BCUT2D eigenvalue weighted by Gasteiger charge is -2.19. The van der Waals surface area contributed by atoms with E-state index in [9.17, 15) is 4.79 Å². The molecule has 1 aliphatic heterocycles. The van der Waals surface area contributed by atoms with E-state index >= 15 is 0 Å². The van der Waals surface area contributed by atoms with Gasteiger partial charge in [0.25, 0.3) is 0 Å². The summed E-state index contributed by atoms with van der Waals surface area (Å²) in [6, 6.07) is 3.90. The second-order valence-corrected chi connectivity index (χ2v) is 4.10. The molecular formula is C13H17N3O. The number of carbonyl (C=O) groups is 1. The van der Waals surface area contributed by atoms with Gasteiger partial charge in [0.05, 0.1) is 0 Å². The van der Waals surface area contributed by atoms with E-state index in [0.29, 0.717) is 6.54 Å². The Kier molecular flexibility index (Phi) is 3.75. The van der Waals surface area contributed by atoms with E-state index in [1.165, 1.54) is 18.9 Å². The van der Waals surface area contributed by atoms with Crippen molar-refractivity contribution in [3.63, 3.8) is 0 Å². The van der Waals surface area contributed by atoms with Gasteiger partial charge in [-0.3, -0.25) is 4.79 Å². The van der Waals surface area contributed by atoms with E-state index in [2.05, 4.69) is 21.8 Å². The molecule has 1 saturated heterocycles. The van der Waals surface area contributed by atoms with Crippen LogP contribution in [-0.4, -0.2) is 24.0 Å². The van der Waals surface area contributed by atoms with Crippen LogP contribution in [0.1, 0.15) is 18.4 Å². The van der Waals surface area contributed by atoms with Crippen molar-refractivity contribution in [2.75, 3.05) is 18.0 Å². The van der Waals surface area contributed by atoms with E-state index in [4.69, 9.17) is 0 Å². The minimum atomic E-state index is -0.152. The SMILES string of the molecule is C=CC(=O)NCc1cccnc1N1CCCC1. The zero-order valence-electron chi connectivity index (χ0n) is 9.85. The fourth-order valence-electron chi connectivity index (χ4n) is 2.04. The third kappa shape index (κ3) is 2.84. The third-order valence-corrected chi connectivity index (χ3v) is 2.91. The molecule has 2 rings (SSSR count). The zero-order chi connectivity index (χ0) is 12.1. The summed E-state index contributed by atoms with van der Waals surface area (Å²) in [6.07, 6.45) is 5.52. The molecule has 0 spiro atoms. The summed E-state index contributed by atoms with van der Waals surface area (Å²) in [5.74, 6) is 0.843. The molecular weight excluding hydrogens is 214 g/mol. The molecule has 4 heteroatoms. The van der Waals surface area contributed by atoms with Gasteiger partial charge in [0.15, 0.2) is 0 Å². The van der Waals surface area contributed by atoms with E-state index in [0.717, 1.165) is 24.5 Å². The van der Waals surface area contributed by atoms with Crippen molar-refractivity contribution in [3.05, 3.63) is 36.5 Å². The fourth-order valence-corrected chi connectivity index (χ4v) is 2.04. The molecule has 4 nitrogen and oxygen atoms in total. The van der Waals surface area contributed by atoms with Crippen LogP contribution in [0.4, 0.5) is 5.82 Å². The number of hydrogen-bond acceptors (Lipinski definition) is 3. The maximum Gasteiger partial charge on any atom is 0.243 e. The quantitative estimate of drug-likeness (QED) is 0.798. The minimum absolute atomic E-state index is 0.152. The lowest BCUT2D eigenvalue weighted by Crippen LogP contribution is -2.25. The highest BCUT2D eigenvalue weighted by Crippen LogP contribution is 2.21. The molecule has 1 aliphatic rings. The number of nitrogens with zero attached hydrogens (tertiary/aromatic N) is 2. The Bertz CT molecular complexity index is 411. The molecule has 1 fully saturated rings. The number of anilines is 1. The lowest BCUT2D eigenvalue weighted by atomic mass is 10.2. The predicted molar refractivity (Wildman–Crippen MR) is 67.7 cm³/mol. The Morgan fingerprint density at radius 2 is 2.29 bits per heavy atom. The van der Waals surface area contributed by atoms with Gasteiger partial charge in [0.2, 0.25) is 5.91 Å². The van der Waals surface area contributed by atoms with E-state index in [-0.39, 0.29) is 5.91 Å². The molecule has 0 saturated carbocycles. The first-order valence-electron chi connectivity index (χ1n) is 5.90. The van der Waals surface area contributed by atoms with Crippen LogP contribution in [0.3, 0.4) is 0 Å².